The Balaban J connectivity index is 1.39. The second kappa shape index (κ2) is 8.37. The summed E-state index contributed by atoms with van der Waals surface area (Å²) in [4.78, 5) is 18.3. The van der Waals surface area contributed by atoms with Gasteiger partial charge in [-0.25, -0.2) is 15.0 Å². The van der Waals surface area contributed by atoms with Crippen LogP contribution in [-0.2, 0) is 6.54 Å². The lowest BCUT2D eigenvalue weighted by Crippen LogP contribution is -2.43. The van der Waals surface area contributed by atoms with Crippen LogP contribution in [0.5, 0.6) is 0 Å². The maximum atomic E-state index is 4.61. The molecule has 0 saturated carbocycles. The highest BCUT2D eigenvalue weighted by molar-refractivity contribution is 7.09. The Morgan fingerprint density at radius 3 is 2.68 bits per heavy atom. The average Bonchev–Trinajstić information content (AvgIpc) is 3.13. The standard InChI is InChI=1S/C22H27N5S/c1-16-23-10-7-22(24-16)18-5-4-6-21(13-18)27-11-8-20(9-12-27)26(3)14-19-15-28-17(2)25-19/h4-7,10,13,15,20H,8-9,11-12,14H2,1-3H3. The Kier molecular flexibility index (Phi) is 5.69. The van der Waals surface area contributed by atoms with E-state index in [0.29, 0.717) is 6.04 Å². The summed E-state index contributed by atoms with van der Waals surface area (Å²) in [7, 11) is 2.23. The molecule has 1 aromatic carbocycles. The molecule has 0 radical (unpaired) electrons. The van der Waals surface area contributed by atoms with Gasteiger partial charge in [-0.2, -0.15) is 0 Å². The van der Waals surface area contributed by atoms with Gasteiger partial charge < -0.3 is 4.90 Å². The fourth-order valence-corrected chi connectivity index (χ4v) is 4.51. The third-order valence-corrected chi connectivity index (χ3v) is 6.27. The molecule has 2 aromatic heterocycles. The highest BCUT2D eigenvalue weighted by Gasteiger charge is 2.23. The van der Waals surface area contributed by atoms with Gasteiger partial charge in [-0.15, -0.1) is 11.3 Å². The number of nitrogens with zero attached hydrogens (tertiary/aromatic N) is 5. The Labute approximate surface area is 171 Å². The Morgan fingerprint density at radius 2 is 1.96 bits per heavy atom. The predicted molar refractivity (Wildman–Crippen MR) is 116 cm³/mol. The summed E-state index contributed by atoms with van der Waals surface area (Å²) in [5, 5.41) is 3.33. The number of thiazole rings is 1. The quantitative estimate of drug-likeness (QED) is 0.646. The van der Waals surface area contributed by atoms with Crippen molar-refractivity contribution in [2.45, 2.75) is 39.3 Å². The second-order valence-electron chi connectivity index (χ2n) is 7.53. The molecule has 4 rings (SSSR count). The molecule has 1 fully saturated rings. The van der Waals surface area contributed by atoms with Gasteiger partial charge in [0.05, 0.1) is 16.4 Å². The van der Waals surface area contributed by atoms with Gasteiger partial charge in [0.25, 0.3) is 0 Å². The minimum absolute atomic E-state index is 0.617. The molecule has 3 aromatic rings. The van der Waals surface area contributed by atoms with Crippen LogP contribution in [0.2, 0.25) is 0 Å². The van der Waals surface area contributed by atoms with E-state index in [4.69, 9.17) is 0 Å². The van der Waals surface area contributed by atoms with Crippen molar-refractivity contribution in [2.75, 3.05) is 25.0 Å². The summed E-state index contributed by atoms with van der Waals surface area (Å²) >= 11 is 1.74. The maximum absolute atomic E-state index is 4.61. The molecule has 0 spiro atoms. The van der Waals surface area contributed by atoms with Crippen LogP contribution in [0.4, 0.5) is 5.69 Å². The summed E-state index contributed by atoms with van der Waals surface area (Å²) in [6.07, 6.45) is 4.18. The molecule has 5 nitrogen and oxygen atoms in total. The number of aryl methyl sites for hydroxylation is 2. The van der Waals surface area contributed by atoms with Crippen LogP contribution in [-0.4, -0.2) is 46.0 Å². The Morgan fingerprint density at radius 1 is 1.14 bits per heavy atom. The van der Waals surface area contributed by atoms with E-state index in [9.17, 15) is 0 Å². The smallest absolute Gasteiger partial charge is 0.125 e. The monoisotopic (exact) mass is 393 g/mol. The fourth-order valence-electron chi connectivity index (χ4n) is 3.91. The molecule has 1 aliphatic rings. The molecule has 28 heavy (non-hydrogen) atoms. The van der Waals surface area contributed by atoms with Crippen molar-refractivity contribution in [1.29, 1.82) is 0 Å². The van der Waals surface area contributed by atoms with E-state index in [1.807, 2.05) is 19.2 Å². The lowest BCUT2D eigenvalue weighted by Gasteiger charge is -2.37. The van der Waals surface area contributed by atoms with Crippen LogP contribution in [0.15, 0.2) is 41.9 Å². The molecule has 0 aliphatic carbocycles. The van der Waals surface area contributed by atoms with Crippen molar-refractivity contribution in [1.82, 2.24) is 19.9 Å². The first-order valence-corrected chi connectivity index (χ1v) is 10.7. The van der Waals surface area contributed by atoms with Crippen LogP contribution < -0.4 is 4.90 Å². The molecule has 6 heteroatoms. The van der Waals surface area contributed by atoms with Crippen LogP contribution >= 0.6 is 11.3 Å². The van der Waals surface area contributed by atoms with Crippen LogP contribution in [0.1, 0.15) is 29.4 Å². The molecular formula is C22H27N5S. The van der Waals surface area contributed by atoms with E-state index in [1.165, 1.54) is 24.2 Å². The highest BCUT2D eigenvalue weighted by atomic mass is 32.1. The van der Waals surface area contributed by atoms with E-state index < -0.39 is 0 Å². The molecule has 0 amide bonds. The molecule has 146 valence electrons. The number of anilines is 1. The van der Waals surface area contributed by atoms with Crippen molar-refractivity contribution >= 4 is 17.0 Å². The number of aromatic nitrogens is 3. The van der Waals surface area contributed by atoms with Gasteiger partial charge in [0.1, 0.15) is 5.82 Å². The summed E-state index contributed by atoms with van der Waals surface area (Å²) in [6, 6.07) is 11.3. The second-order valence-corrected chi connectivity index (χ2v) is 8.59. The molecule has 0 N–H and O–H groups in total. The predicted octanol–water partition coefficient (Wildman–Crippen LogP) is 4.32. The van der Waals surface area contributed by atoms with E-state index in [0.717, 1.165) is 41.7 Å². The number of benzene rings is 1. The first-order valence-electron chi connectivity index (χ1n) is 9.85. The molecule has 0 unspecified atom stereocenters. The molecule has 1 aliphatic heterocycles. The van der Waals surface area contributed by atoms with Gasteiger partial charge in [0, 0.05) is 48.5 Å². The van der Waals surface area contributed by atoms with E-state index in [1.54, 1.807) is 11.3 Å². The van der Waals surface area contributed by atoms with Crippen LogP contribution in [0, 0.1) is 13.8 Å². The van der Waals surface area contributed by atoms with Crippen molar-refractivity contribution in [3.05, 3.63) is 58.4 Å². The maximum Gasteiger partial charge on any atom is 0.125 e. The normalized spacial score (nSPS) is 15.4. The molecule has 0 bridgehead atoms. The van der Waals surface area contributed by atoms with Gasteiger partial charge in [0.2, 0.25) is 0 Å². The van der Waals surface area contributed by atoms with Gasteiger partial charge in [-0.1, -0.05) is 12.1 Å². The van der Waals surface area contributed by atoms with E-state index in [2.05, 4.69) is 68.4 Å². The van der Waals surface area contributed by atoms with E-state index in [-0.39, 0.29) is 0 Å². The van der Waals surface area contributed by atoms with Crippen LogP contribution in [0.3, 0.4) is 0 Å². The summed E-state index contributed by atoms with van der Waals surface area (Å²) in [5.74, 6) is 0.807. The fraction of sp³-hybridized carbons (Fsp3) is 0.409. The zero-order valence-electron chi connectivity index (χ0n) is 16.8. The lowest BCUT2D eigenvalue weighted by molar-refractivity contribution is 0.198. The minimum Gasteiger partial charge on any atom is -0.371 e. The highest BCUT2D eigenvalue weighted by Crippen LogP contribution is 2.27. The van der Waals surface area contributed by atoms with Crippen molar-refractivity contribution in [3.8, 4) is 11.3 Å². The van der Waals surface area contributed by atoms with Crippen molar-refractivity contribution < 1.29 is 0 Å². The Bertz CT molecular complexity index is 930. The van der Waals surface area contributed by atoms with Crippen molar-refractivity contribution in [2.24, 2.45) is 0 Å². The molecule has 0 atom stereocenters. The summed E-state index contributed by atoms with van der Waals surface area (Å²) in [5.41, 5.74) is 4.62. The van der Waals surface area contributed by atoms with E-state index >= 15 is 0 Å². The third kappa shape index (κ3) is 4.39. The number of hydrogen-bond donors (Lipinski definition) is 0. The number of rotatable bonds is 5. The SMILES string of the molecule is Cc1nccc(-c2cccc(N3CCC(N(C)Cc4csc(C)n4)CC3)c2)n1. The number of piperidine rings is 1. The topological polar surface area (TPSA) is 45.2 Å². The van der Waals surface area contributed by atoms with Gasteiger partial charge in [-0.3, -0.25) is 4.90 Å². The largest absolute Gasteiger partial charge is 0.371 e. The van der Waals surface area contributed by atoms with Gasteiger partial charge >= 0.3 is 0 Å². The molecular weight excluding hydrogens is 366 g/mol. The zero-order valence-corrected chi connectivity index (χ0v) is 17.6. The average molecular weight is 394 g/mol. The first-order chi connectivity index (χ1) is 13.6. The number of hydrogen-bond acceptors (Lipinski definition) is 6. The van der Waals surface area contributed by atoms with Crippen LogP contribution in [0.25, 0.3) is 11.3 Å². The molecule has 3 heterocycles. The van der Waals surface area contributed by atoms with Gasteiger partial charge in [0.15, 0.2) is 0 Å². The summed E-state index contributed by atoms with van der Waals surface area (Å²) in [6.45, 7) is 7.11. The first kappa shape index (κ1) is 19.0. The third-order valence-electron chi connectivity index (χ3n) is 5.45. The Hall–Kier alpha value is -2.31. The minimum atomic E-state index is 0.617. The lowest BCUT2D eigenvalue weighted by atomic mass is 10.0. The van der Waals surface area contributed by atoms with Crippen molar-refractivity contribution in [3.63, 3.8) is 0 Å². The summed E-state index contributed by atoms with van der Waals surface area (Å²) < 4.78 is 0. The van der Waals surface area contributed by atoms with Gasteiger partial charge in [-0.05, 0) is 51.9 Å². The molecule has 1 saturated heterocycles. The zero-order chi connectivity index (χ0) is 19.5.